The molecule has 0 aromatic heterocycles. The van der Waals surface area contributed by atoms with Crippen LogP contribution in [-0.2, 0) is 14.2 Å². The largest absolute Gasteiger partial charge is 0.394 e. The molecule has 0 saturated carbocycles. The molecular weight excluding hydrogens is 348 g/mol. The first-order chi connectivity index (χ1) is 13.1. The SMILES string of the molecule is CC[C@@H]1CC[C@@H](CO)O1.CC[C@@H]1CC[C@H](CO)O1.CC[C@H]1CC[C@H](CO)O1. The quantitative estimate of drug-likeness (QED) is 0.646. The lowest BCUT2D eigenvalue weighted by Crippen LogP contribution is -2.13. The summed E-state index contributed by atoms with van der Waals surface area (Å²) in [7, 11) is 0. The lowest BCUT2D eigenvalue weighted by atomic mass is 10.2. The van der Waals surface area contributed by atoms with Crippen LogP contribution in [0.1, 0.15) is 78.6 Å². The molecule has 6 heteroatoms. The smallest absolute Gasteiger partial charge is 0.0810 e. The molecule has 3 fully saturated rings. The molecule has 0 amide bonds. The van der Waals surface area contributed by atoms with Crippen LogP contribution in [0.3, 0.4) is 0 Å². The van der Waals surface area contributed by atoms with E-state index in [1.54, 1.807) is 0 Å². The molecule has 0 aromatic rings. The van der Waals surface area contributed by atoms with Crippen LogP contribution in [0.2, 0.25) is 0 Å². The Kier molecular flexibility index (Phi) is 13.5. The van der Waals surface area contributed by atoms with Crippen molar-refractivity contribution in [1.82, 2.24) is 0 Å². The Labute approximate surface area is 165 Å². The molecule has 0 aromatic carbocycles. The van der Waals surface area contributed by atoms with Gasteiger partial charge in [0.2, 0.25) is 0 Å². The molecule has 3 aliphatic heterocycles. The van der Waals surface area contributed by atoms with E-state index in [0.717, 1.165) is 57.8 Å². The van der Waals surface area contributed by atoms with Crippen LogP contribution in [0.5, 0.6) is 0 Å². The van der Waals surface area contributed by atoms with E-state index in [9.17, 15) is 0 Å². The van der Waals surface area contributed by atoms with E-state index in [-0.39, 0.29) is 38.1 Å². The van der Waals surface area contributed by atoms with Gasteiger partial charge < -0.3 is 29.5 Å². The fourth-order valence-electron chi connectivity index (χ4n) is 3.64. The van der Waals surface area contributed by atoms with Gasteiger partial charge in [0, 0.05) is 0 Å². The van der Waals surface area contributed by atoms with E-state index in [4.69, 9.17) is 29.5 Å². The van der Waals surface area contributed by atoms with E-state index < -0.39 is 0 Å². The molecule has 0 radical (unpaired) electrons. The summed E-state index contributed by atoms with van der Waals surface area (Å²) in [6.45, 7) is 6.92. The van der Waals surface area contributed by atoms with Crippen LogP contribution in [0, 0.1) is 0 Å². The Morgan fingerprint density at radius 1 is 0.481 bits per heavy atom. The van der Waals surface area contributed by atoms with Gasteiger partial charge in [-0.15, -0.1) is 0 Å². The summed E-state index contributed by atoms with van der Waals surface area (Å²) in [6.07, 6.45) is 11.4. The van der Waals surface area contributed by atoms with Gasteiger partial charge in [-0.2, -0.15) is 0 Å². The van der Waals surface area contributed by atoms with Crippen molar-refractivity contribution in [3.05, 3.63) is 0 Å². The summed E-state index contributed by atoms with van der Waals surface area (Å²) in [5.74, 6) is 0. The van der Waals surface area contributed by atoms with Crippen molar-refractivity contribution in [2.45, 2.75) is 115 Å². The highest BCUT2D eigenvalue weighted by Crippen LogP contribution is 2.22. The maximum atomic E-state index is 8.65. The number of hydrogen-bond donors (Lipinski definition) is 3. The Morgan fingerprint density at radius 2 is 0.704 bits per heavy atom. The molecule has 6 atom stereocenters. The second-order valence-corrected chi connectivity index (χ2v) is 7.64. The fraction of sp³-hybridized carbons (Fsp3) is 1.00. The number of aliphatic hydroxyl groups is 3. The van der Waals surface area contributed by atoms with Crippen molar-refractivity contribution >= 4 is 0 Å². The average Bonchev–Trinajstić information content (AvgIpc) is 3.48. The van der Waals surface area contributed by atoms with Gasteiger partial charge in [-0.1, -0.05) is 20.8 Å². The Balaban J connectivity index is 0.000000202. The zero-order valence-electron chi connectivity index (χ0n) is 17.5. The number of hydrogen-bond acceptors (Lipinski definition) is 6. The van der Waals surface area contributed by atoms with E-state index >= 15 is 0 Å². The monoisotopic (exact) mass is 390 g/mol. The Morgan fingerprint density at radius 3 is 0.815 bits per heavy atom. The van der Waals surface area contributed by atoms with Crippen molar-refractivity contribution in [2.75, 3.05) is 19.8 Å². The standard InChI is InChI=1S/3C7H14O2/c3*1-2-6-3-4-7(5-8)9-6/h3*6-8H,2-5H2,1H3/t2*6-,7+;6-,7-/m101/s1. The van der Waals surface area contributed by atoms with Gasteiger partial charge in [0.05, 0.1) is 56.4 Å². The highest BCUT2D eigenvalue weighted by molar-refractivity contribution is 4.72. The van der Waals surface area contributed by atoms with Gasteiger partial charge >= 0.3 is 0 Å². The van der Waals surface area contributed by atoms with Gasteiger partial charge in [0.25, 0.3) is 0 Å². The van der Waals surface area contributed by atoms with E-state index in [1.165, 1.54) is 0 Å². The van der Waals surface area contributed by atoms with Crippen LogP contribution in [-0.4, -0.2) is 71.8 Å². The number of ether oxygens (including phenoxy) is 3. The van der Waals surface area contributed by atoms with Gasteiger partial charge in [-0.25, -0.2) is 0 Å². The summed E-state index contributed by atoms with van der Waals surface area (Å²) >= 11 is 0. The minimum absolute atomic E-state index is 0.134. The molecule has 162 valence electrons. The van der Waals surface area contributed by atoms with E-state index in [2.05, 4.69) is 20.8 Å². The highest BCUT2D eigenvalue weighted by Gasteiger charge is 2.23. The third-order valence-electron chi connectivity index (χ3n) is 5.56. The van der Waals surface area contributed by atoms with E-state index in [1.807, 2.05) is 0 Å². The maximum Gasteiger partial charge on any atom is 0.0810 e. The molecule has 3 N–H and O–H groups in total. The summed E-state index contributed by atoms with van der Waals surface area (Å²) in [4.78, 5) is 0. The summed E-state index contributed by atoms with van der Waals surface area (Å²) in [6, 6.07) is 0. The molecule has 3 aliphatic rings. The first kappa shape index (κ1) is 24.8. The lowest BCUT2D eigenvalue weighted by Gasteiger charge is -2.08. The predicted molar refractivity (Wildman–Crippen MR) is 106 cm³/mol. The minimum Gasteiger partial charge on any atom is -0.394 e. The molecule has 3 heterocycles. The number of aliphatic hydroxyl groups excluding tert-OH is 3. The maximum absolute atomic E-state index is 8.65. The lowest BCUT2D eigenvalue weighted by molar-refractivity contribution is 0.0105. The van der Waals surface area contributed by atoms with Crippen LogP contribution in [0.4, 0.5) is 0 Å². The van der Waals surface area contributed by atoms with E-state index in [0.29, 0.717) is 18.3 Å². The second-order valence-electron chi connectivity index (χ2n) is 7.64. The second kappa shape index (κ2) is 14.7. The first-order valence-electron chi connectivity index (χ1n) is 10.9. The van der Waals surface area contributed by atoms with Crippen LogP contribution >= 0.6 is 0 Å². The summed E-state index contributed by atoms with van der Waals surface area (Å²) in [5, 5.41) is 26.0. The molecule has 0 bridgehead atoms. The molecule has 3 rings (SSSR count). The van der Waals surface area contributed by atoms with Gasteiger partial charge in [-0.3, -0.25) is 0 Å². The highest BCUT2D eigenvalue weighted by atomic mass is 16.5. The molecule has 6 nitrogen and oxygen atoms in total. The van der Waals surface area contributed by atoms with Crippen LogP contribution in [0.15, 0.2) is 0 Å². The Bertz CT molecular complexity index is 271. The molecular formula is C21H42O6. The molecule has 3 saturated heterocycles. The van der Waals surface area contributed by atoms with Crippen molar-refractivity contribution in [1.29, 1.82) is 0 Å². The molecule has 0 aliphatic carbocycles. The molecule has 27 heavy (non-hydrogen) atoms. The first-order valence-corrected chi connectivity index (χ1v) is 10.9. The van der Waals surface area contributed by atoms with Gasteiger partial charge in [0.1, 0.15) is 0 Å². The zero-order valence-corrected chi connectivity index (χ0v) is 17.5. The third kappa shape index (κ3) is 9.68. The van der Waals surface area contributed by atoms with Crippen molar-refractivity contribution < 1.29 is 29.5 Å². The normalized spacial score (nSPS) is 35.3. The van der Waals surface area contributed by atoms with Crippen molar-refractivity contribution in [3.63, 3.8) is 0 Å². The third-order valence-corrected chi connectivity index (χ3v) is 5.56. The summed E-state index contributed by atoms with van der Waals surface area (Å²) < 4.78 is 16.2. The van der Waals surface area contributed by atoms with Crippen molar-refractivity contribution in [2.24, 2.45) is 0 Å². The van der Waals surface area contributed by atoms with Gasteiger partial charge in [0.15, 0.2) is 0 Å². The fourth-order valence-corrected chi connectivity index (χ4v) is 3.64. The topological polar surface area (TPSA) is 88.4 Å². The zero-order chi connectivity index (χ0) is 20.1. The molecule has 0 unspecified atom stereocenters. The van der Waals surface area contributed by atoms with Crippen LogP contribution in [0.25, 0.3) is 0 Å². The Hall–Kier alpha value is -0.240. The number of rotatable bonds is 6. The minimum atomic E-state index is 0.134. The summed E-state index contributed by atoms with van der Waals surface area (Å²) in [5.41, 5.74) is 0. The predicted octanol–water partition coefficient (Wildman–Crippen LogP) is 2.81. The van der Waals surface area contributed by atoms with Gasteiger partial charge in [-0.05, 0) is 57.8 Å². The van der Waals surface area contributed by atoms with Crippen molar-refractivity contribution in [3.8, 4) is 0 Å². The average molecular weight is 391 g/mol. The molecule has 0 spiro atoms. The van der Waals surface area contributed by atoms with Crippen LogP contribution < -0.4 is 0 Å².